The number of nitrogens with one attached hydrogen (secondary N) is 1. The summed E-state index contributed by atoms with van der Waals surface area (Å²) in [5.74, 6) is 0.519. The summed E-state index contributed by atoms with van der Waals surface area (Å²) in [6, 6.07) is 14.4. The molecule has 1 aliphatic heterocycles. The van der Waals surface area contributed by atoms with E-state index in [4.69, 9.17) is 4.74 Å². The zero-order chi connectivity index (χ0) is 14.7. The molecule has 0 aromatic heterocycles. The lowest BCUT2D eigenvalue weighted by atomic mass is 9.92. The van der Waals surface area contributed by atoms with Crippen molar-refractivity contribution in [2.75, 3.05) is 11.9 Å². The minimum Gasteiger partial charge on any atom is -0.493 e. The molecule has 2 aromatic carbocycles. The van der Waals surface area contributed by atoms with Crippen LogP contribution in [0.1, 0.15) is 28.3 Å². The predicted molar refractivity (Wildman–Crippen MR) is 79.8 cm³/mol. The monoisotopic (exact) mass is 281 g/mol. The Balaban J connectivity index is 1.78. The molecular formula is C17H15NO3. The first-order valence-corrected chi connectivity index (χ1v) is 6.86. The van der Waals surface area contributed by atoms with E-state index in [2.05, 4.69) is 5.32 Å². The van der Waals surface area contributed by atoms with Gasteiger partial charge >= 0.3 is 0 Å². The van der Waals surface area contributed by atoms with Crippen molar-refractivity contribution in [3.8, 4) is 5.75 Å². The number of anilines is 1. The third kappa shape index (κ3) is 2.79. The molecular weight excluding hydrogens is 266 g/mol. The first kappa shape index (κ1) is 13.4. The Labute approximate surface area is 122 Å². The molecule has 4 nitrogen and oxygen atoms in total. The van der Waals surface area contributed by atoms with Crippen LogP contribution in [0.15, 0.2) is 48.5 Å². The molecule has 1 aliphatic rings. The highest BCUT2D eigenvalue weighted by molar-refractivity contribution is 5.96. The van der Waals surface area contributed by atoms with E-state index in [9.17, 15) is 9.59 Å². The molecule has 0 radical (unpaired) electrons. The lowest BCUT2D eigenvalue weighted by Gasteiger charge is -2.25. The van der Waals surface area contributed by atoms with Crippen molar-refractivity contribution in [3.05, 3.63) is 59.7 Å². The van der Waals surface area contributed by atoms with Crippen molar-refractivity contribution in [3.63, 3.8) is 0 Å². The minimum atomic E-state index is -0.208. The number of carbonyl (C=O) groups is 2. The van der Waals surface area contributed by atoms with E-state index in [-0.39, 0.29) is 11.8 Å². The van der Waals surface area contributed by atoms with Crippen LogP contribution in [0.25, 0.3) is 0 Å². The van der Waals surface area contributed by atoms with Crippen LogP contribution in [0.3, 0.4) is 0 Å². The maximum atomic E-state index is 12.4. The fourth-order valence-electron chi connectivity index (χ4n) is 2.49. The Bertz CT molecular complexity index is 664. The van der Waals surface area contributed by atoms with Crippen molar-refractivity contribution in [1.82, 2.24) is 0 Å². The second-order valence-electron chi connectivity index (χ2n) is 4.96. The van der Waals surface area contributed by atoms with Gasteiger partial charge < -0.3 is 10.1 Å². The van der Waals surface area contributed by atoms with E-state index in [0.717, 1.165) is 17.6 Å². The second kappa shape index (κ2) is 5.79. The molecule has 0 aliphatic carbocycles. The molecule has 2 aromatic rings. The Morgan fingerprint density at radius 3 is 2.67 bits per heavy atom. The van der Waals surface area contributed by atoms with Gasteiger partial charge in [0.15, 0.2) is 0 Å². The van der Waals surface area contributed by atoms with Crippen molar-refractivity contribution in [2.24, 2.45) is 0 Å². The highest BCUT2D eigenvalue weighted by Gasteiger charge is 2.27. The van der Waals surface area contributed by atoms with Crippen LogP contribution < -0.4 is 10.1 Å². The van der Waals surface area contributed by atoms with Gasteiger partial charge in [-0.2, -0.15) is 0 Å². The summed E-state index contributed by atoms with van der Waals surface area (Å²) in [4.78, 5) is 23.1. The summed E-state index contributed by atoms with van der Waals surface area (Å²) in [6.07, 6.45) is 1.44. The number of para-hydroxylation sites is 1. The predicted octanol–water partition coefficient (Wildman–Crippen LogP) is 3.00. The van der Waals surface area contributed by atoms with Crippen LogP contribution in [0.4, 0.5) is 5.69 Å². The Hall–Kier alpha value is -2.62. The fourth-order valence-corrected chi connectivity index (χ4v) is 2.49. The molecule has 4 heteroatoms. The lowest BCUT2D eigenvalue weighted by molar-refractivity contribution is -0.118. The summed E-state index contributed by atoms with van der Waals surface area (Å²) in [6.45, 7) is 0.541. The SMILES string of the molecule is O=Cc1ccc(NC(=O)C2CCOc3ccccc32)cc1. The highest BCUT2D eigenvalue weighted by Crippen LogP contribution is 2.34. The van der Waals surface area contributed by atoms with Crippen LogP contribution in [-0.2, 0) is 4.79 Å². The topological polar surface area (TPSA) is 55.4 Å². The fraction of sp³-hybridized carbons (Fsp3) is 0.176. The van der Waals surface area contributed by atoms with Gasteiger partial charge in [-0.25, -0.2) is 0 Å². The van der Waals surface area contributed by atoms with Crippen LogP contribution in [-0.4, -0.2) is 18.8 Å². The Morgan fingerprint density at radius 2 is 1.90 bits per heavy atom. The number of aldehydes is 1. The van der Waals surface area contributed by atoms with Crippen LogP contribution in [0.2, 0.25) is 0 Å². The highest BCUT2D eigenvalue weighted by atomic mass is 16.5. The molecule has 21 heavy (non-hydrogen) atoms. The first-order valence-electron chi connectivity index (χ1n) is 6.86. The molecule has 0 bridgehead atoms. The number of hydrogen-bond donors (Lipinski definition) is 1. The third-order valence-corrected chi connectivity index (χ3v) is 3.59. The van der Waals surface area contributed by atoms with Gasteiger partial charge in [0.2, 0.25) is 5.91 Å². The standard InChI is InChI=1S/C17H15NO3/c19-11-12-5-7-13(8-6-12)18-17(20)15-9-10-21-16-4-2-1-3-14(15)16/h1-8,11,15H,9-10H2,(H,18,20). The molecule has 1 heterocycles. The quantitative estimate of drug-likeness (QED) is 0.880. The van der Waals surface area contributed by atoms with Gasteiger partial charge in [0, 0.05) is 16.8 Å². The molecule has 3 rings (SSSR count). The van der Waals surface area contributed by atoms with E-state index in [0.29, 0.717) is 24.3 Å². The molecule has 0 saturated heterocycles. The molecule has 0 saturated carbocycles. The maximum Gasteiger partial charge on any atom is 0.232 e. The zero-order valence-corrected chi connectivity index (χ0v) is 11.4. The van der Waals surface area contributed by atoms with Crippen LogP contribution in [0, 0.1) is 0 Å². The minimum absolute atomic E-state index is 0.0513. The summed E-state index contributed by atoms with van der Waals surface area (Å²) in [5, 5.41) is 2.89. The summed E-state index contributed by atoms with van der Waals surface area (Å²) >= 11 is 0. The average Bonchev–Trinajstić information content (AvgIpc) is 2.55. The van der Waals surface area contributed by atoms with E-state index < -0.39 is 0 Å². The Kier molecular flexibility index (Phi) is 3.69. The number of fused-ring (bicyclic) bond motifs is 1. The summed E-state index contributed by atoms with van der Waals surface area (Å²) < 4.78 is 5.57. The van der Waals surface area contributed by atoms with Crippen molar-refractivity contribution in [2.45, 2.75) is 12.3 Å². The van der Waals surface area contributed by atoms with Crippen LogP contribution in [0.5, 0.6) is 5.75 Å². The van der Waals surface area contributed by atoms with E-state index in [1.807, 2.05) is 24.3 Å². The van der Waals surface area contributed by atoms with Gasteiger partial charge in [-0.15, -0.1) is 0 Å². The van der Waals surface area contributed by atoms with E-state index >= 15 is 0 Å². The third-order valence-electron chi connectivity index (χ3n) is 3.59. The van der Waals surface area contributed by atoms with E-state index in [1.165, 1.54) is 0 Å². The normalized spacial score (nSPS) is 16.5. The van der Waals surface area contributed by atoms with Crippen molar-refractivity contribution in [1.29, 1.82) is 0 Å². The number of amides is 1. The number of hydrogen-bond acceptors (Lipinski definition) is 3. The van der Waals surface area contributed by atoms with Crippen molar-refractivity contribution >= 4 is 17.9 Å². The van der Waals surface area contributed by atoms with Gasteiger partial charge in [0.1, 0.15) is 12.0 Å². The molecule has 1 amide bonds. The number of ether oxygens (including phenoxy) is 1. The van der Waals surface area contributed by atoms with Crippen molar-refractivity contribution < 1.29 is 14.3 Å². The number of rotatable bonds is 3. The molecule has 1 unspecified atom stereocenters. The lowest BCUT2D eigenvalue weighted by Crippen LogP contribution is -2.26. The van der Waals surface area contributed by atoms with Gasteiger partial charge in [-0.05, 0) is 36.8 Å². The Morgan fingerprint density at radius 1 is 1.14 bits per heavy atom. The summed E-state index contributed by atoms with van der Waals surface area (Å²) in [7, 11) is 0. The van der Waals surface area contributed by atoms with Gasteiger partial charge in [0.25, 0.3) is 0 Å². The zero-order valence-electron chi connectivity index (χ0n) is 11.4. The average molecular weight is 281 g/mol. The molecule has 0 spiro atoms. The second-order valence-corrected chi connectivity index (χ2v) is 4.96. The van der Waals surface area contributed by atoms with Crippen LogP contribution >= 0.6 is 0 Å². The molecule has 1 atom stereocenters. The van der Waals surface area contributed by atoms with Gasteiger partial charge in [-0.3, -0.25) is 9.59 Å². The van der Waals surface area contributed by atoms with Gasteiger partial charge in [-0.1, -0.05) is 18.2 Å². The first-order chi connectivity index (χ1) is 10.3. The van der Waals surface area contributed by atoms with Gasteiger partial charge in [0.05, 0.1) is 12.5 Å². The number of benzene rings is 2. The smallest absolute Gasteiger partial charge is 0.232 e. The molecule has 1 N–H and O–H groups in total. The number of carbonyl (C=O) groups excluding carboxylic acids is 2. The maximum absolute atomic E-state index is 12.4. The molecule has 106 valence electrons. The largest absolute Gasteiger partial charge is 0.493 e. The molecule has 0 fully saturated rings. The summed E-state index contributed by atoms with van der Waals surface area (Å²) in [5.41, 5.74) is 2.20. The van der Waals surface area contributed by atoms with E-state index in [1.54, 1.807) is 24.3 Å².